The van der Waals surface area contributed by atoms with Crippen LogP contribution in [0.3, 0.4) is 0 Å². The van der Waals surface area contributed by atoms with Crippen molar-refractivity contribution in [2.45, 2.75) is 44.9 Å². The van der Waals surface area contributed by atoms with E-state index in [2.05, 4.69) is 17.1 Å². The van der Waals surface area contributed by atoms with Crippen molar-refractivity contribution >= 4 is 0 Å². The topological polar surface area (TPSA) is 116 Å². The molecule has 0 aliphatic heterocycles. The Morgan fingerprint density at radius 3 is 1.09 bits per heavy atom. The van der Waals surface area contributed by atoms with Gasteiger partial charge in [-0.25, -0.2) is 44.9 Å². The molecule has 0 radical (unpaired) electrons. The fraction of sp³-hybridized carbons (Fsp3) is 0.152. The van der Waals surface area contributed by atoms with Crippen LogP contribution in [0.4, 0.5) is 0 Å². The predicted molar refractivity (Wildman–Crippen MR) is 215 cm³/mol. The fourth-order valence-corrected chi connectivity index (χ4v) is 7.02. The van der Waals surface area contributed by atoms with Crippen molar-refractivity contribution < 1.29 is 0 Å². The molecule has 0 bridgehead atoms. The molecule has 9 nitrogen and oxygen atoms in total. The molecule has 8 aromatic rings. The van der Waals surface area contributed by atoms with E-state index < -0.39 is 0 Å². The van der Waals surface area contributed by atoms with E-state index in [9.17, 15) is 0 Å². The van der Waals surface area contributed by atoms with Crippen molar-refractivity contribution in [2.24, 2.45) is 0 Å². The van der Waals surface area contributed by atoms with Crippen molar-refractivity contribution in [3.05, 3.63) is 151 Å². The maximum absolute atomic E-state index is 5.05. The van der Waals surface area contributed by atoms with Gasteiger partial charge in [-0.05, 0) is 25.8 Å². The quantitative estimate of drug-likeness (QED) is 0.151. The summed E-state index contributed by atoms with van der Waals surface area (Å²) in [5, 5.41) is 0. The molecule has 0 spiro atoms. The second-order valence-electron chi connectivity index (χ2n) is 13.8. The van der Waals surface area contributed by atoms with Gasteiger partial charge in [0.2, 0.25) is 0 Å². The lowest BCUT2D eigenvalue weighted by Gasteiger charge is -2.21. The van der Waals surface area contributed by atoms with Gasteiger partial charge in [0, 0.05) is 44.9 Å². The van der Waals surface area contributed by atoms with E-state index in [-0.39, 0.29) is 0 Å². The Balaban J connectivity index is 1.09. The first-order chi connectivity index (χ1) is 27.1. The zero-order valence-corrected chi connectivity index (χ0v) is 30.4. The van der Waals surface area contributed by atoms with Crippen molar-refractivity contribution in [1.82, 2.24) is 44.9 Å². The molecule has 5 aromatic carbocycles. The zero-order chi connectivity index (χ0) is 37.0. The summed E-state index contributed by atoms with van der Waals surface area (Å²) in [6.45, 7) is 1.88. The Bertz CT molecular complexity index is 2570. The molecule has 0 atom stereocenters. The number of aromatic nitrogens is 9. The SMILES string of the molecule is Cc1nc(-c2ccccc2)nc(-c2cccc(-c3nc(-c4ccccc4)nc(-c4ccc(-c5nc(-c6ccccc6)nc(C6CCCCC6)n5)cc4)n3)c2)n1. The second-order valence-corrected chi connectivity index (χ2v) is 13.8. The maximum atomic E-state index is 5.05. The molecule has 1 saturated carbocycles. The molecule has 55 heavy (non-hydrogen) atoms. The first-order valence-electron chi connectivity index (χ1n) is 18.8. The van der Waals surface area contributed by atoms with Crippen LogP contribution in [0.1, 0.15) is 49.7 Å². The highest BCUT2D eigenvalue weighted by molar-refractivity contribution is 5.72. The highest BCUT2D eigenvalue weighted by atomic mass is 15.1. The van der Waals surface area contributed by atoms with E-state index >= 15 is 0 Å². The number of nitrogens with zero attached hydrogens (tertiary/aromatic N) is 9. The van der Waals surface area contributed by atoms with Gasteiger partial charge in [0.1, 0.15) is 11.6 Å². The summed E-state index contributed by atoms with van der Waals surface area (Å²) in [4.78, 5) is 44.1. The Kier molecular flexibility index (Phi) is 9.40. The van der Waals surface area contributed by atoms with E-state index in [4.69, 9.17) is 39.9 Å². The van der Waals surface area contributed by atoms with Gasteiger partial charge >= 0.3 is 0 Å². The van der Waals surface area contributed by atoms with Gasteiger partial charge in [-0.3, -0.25) is 0 Å². The largest absolute Gasteiger partial charge is 0.213 e. The minimum absolute atomic E-state index is 0.343. The molecule has 0 unspecified atom stereocenters. The molecule has 0 saturated heterocycles. The lowest BCUT2D eigenvalue weighted by atomic mass is 9.88. The van der Waals surface area contributed by atoms with Crippen LogP contribution in [0.5, 0.6) is 0 Å². The third-order valence-electron chi connectivity index (χ3n) is 9.88. The Labute approximate surface area is 319 Å². The van der Waals surface area contributed by atoms with Crippen LogP contribution in [-0.2, 0) is 0 Å². The molecule has 9 heteroatoms. The summed E-state index contributed by atoms with van der Waals surface area (Å²) in [5.41, 5.74) is 6.24. The lowest BCUT2D eigenvalue weighted by molar-refractivity contribution is 0.428. The van der Waals surface area contributed by atoms with E-state index in [0.717, 1.165) is 57.6 Å². The van der Waals surface area contributed by atoms with Crippen LogP contribution in [0.2, 0.25) is 0 Å². The summed E-state index contributed by atoms with van der Waals surface area (Å²) in [6.07, 6.45) is 5.89. The first kappa shape index (κ1) is 33.9. The third kappa shape index (κ3) is 7.50. The van der Waals surface area contributed by atoms with Crippen LogP contribution in [-0.4, -0.2) is 44.9 Å². The van der Waals surface area contributed by atoms with Crippen molar-refractivity contribution in [3.63, 3.8) is 0 Å². The molecule has 1 aliphatic rings. The molecule has 0 N–H and O–H groups in total. The highest BCUT2D eigenvalue weighted by Gasteiger charge is 2.22. The molecule has 0 amide bonds. The predicted octanol–water partition coefficient (Wildman–Crippen LogP) is 10.3. The Morgan fingerprint density at radius 1 is 0.327 bits per heavy atom. The van der Waals surface area contributed by atoms with Crippen molar-refractivity contribution in [3.8, 4) is 79.7 Å². The van der Waals surface area contributed by atoms with E-state index in [1.54, 1.807) is 0 Å². The summed E-state index contributed by atoms with van der Waals surface area (Å²) in [6, 6.07) is 46.2. The average molecular weight is 716 g/mol. The number of rotatable bonds is 8. The van der Waals surface area contributed by atoms with Gasteiger partial charge in [-0.1, -0.05) is 153 Å². The number of benzene rings is 5. The molecular formula is C46H37N9. The first-order valence-corrected chi connectivity index (χ1v) is 18.8. The zero-order valence-electron chi connectivity index (χ0n) is 30.4. The van der Waals surface area contributed by atoms with Gasteiger partial charge in [0.15, 0.2) is 40.8 Å². The van der Waals surface area contributed by atoms with Crippen LogP contribution in [0.15, 0.2) is 140 Å². The average Bonchev–Trinajstić information content (AvgIpc) is 3.27. The monoisotopic (exact) mass is 715 g/mol. The minimum Gasteiger partial charge on any atom is -0.213 e. The molecular weight excluding hydrogens is 679 g/mol. The van der Waals surface area contributed by atoms with Crippen molar-refractivity contribution in [1.29, 1.82) is 0 Å². The summed E-state index contributed by atoms with van der Waals surface area (Å²) >= 11 is 0. The van der Waals surface area contributed by atoms with Crippen LogP contribution >= 0.6 is 0 Å². The van der Waals surface area contributed by atoms with Crippen LogP contribution < -0.4 is 0 Å². The van der Waals surface area contributed by atoms with Crippen molar-refractivity contribution in [2.75, 3.05) is 0 Å². The van der Waals surface area contributed by atoms with Crippen LogP contribution in [0.25, 0.3) is 79.7 Å². The third-order valence-corrected chi connectivity index (χ3v) is 9.88. The summed E-state index contributed by atoms with van der Waals surface area (Å²) in [5.74, 6) is 6.15. The summed E-state index contributed by atoms with van der Waals surface area (Å²) < 4.78 is 0. The highest BCUT2D eigenvalue weighted by Crippen LogP contribution is 2.34. The van der Waals surface area contributed by atoms with Gasteiger partial charge in [-0.15, -0.1) is 0 Å². The van der Waals surface area contributed by atoms with Gasteiger partial charge in [0.25, 0.3) is 0 Å². The molecule has 3 aromatic heterocycles. The molecule has 3 heterocycles. The van der Waals surface area contributed by atoms with E-state index in [1.165, 1.54) is 19.3 Å². The minimum atomic E-state index is 0.343. The van der Waals surface area contributed by atoms with Crippen LogP contribution in [0, 0.1) is 6.92 Å². The number of hydrogen-bond donors (Lipinski definition) is 0. The molecule has 1 fully saturated rings. The molecule has 9 rings (SSSR count). The van der Waals surface area contributed by atoms with Gasteiger partial charge in [-0.2, -0.15) is 0 Å². The van der Waals surface area contributed by atoms with E-state index in [1.807, 2.05) is 134 Å². The Morgan fingerprint density at radius 2 is 0.655 bits per heavy atom. The normalized spacial score (nSPS) is 13.1. The van der Waals surface area contributed by atoms with Gasteiger partial charge < -0.3 is 0 Å². The maximum Gasteiger partial charge on any atom is 0.164 e. The summed E-state index contributed by atoms with van der Waals surface area (Å²) in [7, 11) is 0. The Hall–Kier alpha value is -6.87. The van der Waals surface area contributed by atoms with Gasteiger partial charge in [0.05, 0.1) is 0 Å². The molecule has 266 valence electrons. The smallest absolute Gasteiger partial charge is 0.164 e. The fourth-order valence-electron chi connectivity index (χ4n) is 7.02. The standard InChI is InChI=1S/C46H37N9/c1-30-47-39(31-15-6-2-7-16-31)49-45(48-30)37-23-14-24-38(29-37)46-54-42(34-21-12-5-13-22-34)53-44(55-46)36-27-25-35(26-28-36)43-51-40(32-17-8-3-9-18-32)50-41(52-43)33-19-10-4-11-20-33/h2-3,5-9,12-18,21-29,33H,4,10-11,19-20H2,1H3. The number of aryl methyl sites for hydroxylation is 1. The number of hydrogen-bond acceptors (Lipinski definition) is 9. The lowest BCUT2D eigenvalue weighted by Crippen LogP contribution is -2.11. The second kappa shape index (κ2) is 15.2. The van der Waals surface area contributed by atoms with E-state index in [0.29, 0.717) is 52.5 Å². The molecule has 1 aliphatic carbocycles.